The fourth-order valence-corrected chi connectivity index (χ4v) is 5.61. The Morgan fingerprint density at radius 3 is 2.53 bits per heavy atom. The smallest absolute Gasteiger partial charge is 0.267 e. The molecule has 4 aromatic carbocycles. The Morgan fingerprint density at radius 2 is 1.74 bits per heavy atom. The second kappa shape index (κ2) is 8.66. The molecule has 0 aromatic heterocycles. The molecule has 0 unspecified atom stereocenters. The lowest BCUT2D eigenvalue weighted by atomic mass is 10.1. The third-order valence-electron chi connectivity index (χ3n) is 5.74. The third kappa shape index (κ3) is 4.08. The van der Waals surface area contributed by atoms with Gasteiger partial charge in [0.2, 0.25) is 0 Å². The molecule has 34 heavy (non-hydrogen) atoms. The summed E-state index contributed by atoms with van der Waals surface area (Å²) in [5, 5.41) is 5.13. The molecule has 0 saturated carbocycles. The number of halogens is 1. The number of nitrogens with zero attached hydrogens (tertiary/aromatic N) is 1. The van der Waals surface area contributed by atoms with Crippen LogP contribution in [0.2, 0.25) is 5.02 Å². The summed E-state index contributed by atoms with van der Waals surface area (Å²) < 4.78 is 34.3. The van der Waals surface area contributed by atoms with Gasteiger partial charge >= 0.3 is 0 Å². The highest BCUT2D eigenvalue weighted by atomic mass is 35.5. The summed E-state index contributed by atoms with van der Waals surface area (Å²) in [6, 6.07) is 24.6. The van der Waals surface area contributed by atoms with Crippen LogP contribution in [0.4, 0.5) is 11.4 Å². The fraction of sp³-hybridized carbons (Fsp3) is 0.115. The number of fused-ring (bicyclic) bond motifs is 2. The molecule has 0 saturated heterocycles. The van der Waals surface area contributed by atoms with E-state index >= 15 is 0 Å². The molecule has 1 aliphatic heterocycles. The average molecular weight is 493 g/mol. The molecule has 1 heterocycles. The Hall–Kier alpha value is -3.55. The van der Waals surface area contributed by atoms with Crippen LogP contribution in [0.25, 0.3) is 10.8 Å². The van der Waals surface area contributed by atoms with Crippen LogP contribution in [0.5, 0.6) is 5.75 Å². The van der Waals surface area contributed by atoms with Gasteiger partial charge in [0.15, 0.2) is 6.10 Å². The van der Waals surface area contributed by atoms with Gasteiger partial charge in [0, 0.05) is 16.1 Å². The second-order valence-corrected chi connectivity index (χ2v) is 10.4. The van der Waals surface area contributed by atoms with Crippen molar-refractivity contribution >= 4 is 49.7 Å². The van der Waals surface area contributed by atoms with Crippen LogP contribution in [0.3, 0.4) is 0 Å². The van der Waals surface area contributed by atoms with Gasteiger partial charge in [-0.25, -0.2) is 8.42 Å². The third-order valence-corrected chi connectivity index (χ3v) is 7.77. The predicted octanol–water partition coefficient (Wildman–Crippen LogP) is 5.40. The quantitative estimate of drug-likeness (QED) is 0.414. The maximum Gasteiger partial charge on any atom is 0.267 e. The first-order valence-electron chi connectivity index (χ1n) is 10.7. The van der Waals surface area contributed by atoms with Crippen LogP contribution in [0, 0.1) is 6.92 Å². The standard InChI is InChI=1S/C26H21ClN2O4S/c1-17-9-12-20(13-10-17)34(31,32)29-16-25(33-24-14-11-19(27)15-23(24)29)26(30)28-22-8-4-6-18-5-2-3-7-21(18)22/h2-15,25H,16H2,1H3,(H,28,30)/t25-/m1/s1. The number of sulfonamides is 1. The largest absolute Gasteiger partial charge is 0.476 e. The van der Waals surface area contributed by atoms with Crippen LogP contribution in [-0.4, -0.2) is 27.0 Å². The van der Waals surface area contributed by atoms with E-state index in [1.807, 2.05) is 43.3 Å². The van der Waals surface area contributed by atoms with E-state index in [1.165, 1.54) is 10.4 Å². The Balaban J connectivity index is 1.51. The van der Waals surface area contributed by atoms with Crippen molar-refractivity contribution in [1.82, 2.24) is 0 Å². The zero-order valence-corrected chi connectivity index (χ0v) is 19.8. The lowest BCUT2D eigenvalue weighted by Crippen LogP contribution is -2.48. The number of carbonyl (C=O) groups excluding carboxylic acids is 1. The summed E-state index contributed by atoms with van der Waals surface area (Å²) in [4.78, 5) is 13.4. The van der Waals surface area contributed by atoms with Gasteiger partial charge in [-0.3, -0.25) is 9.10 Å². The number of benzene rings is 4. The Labute approximate surface area is 202 Å². The lowest BCUT2D eigenvalue weighted by molar-refractivity contribution is -0.122. The van der Waals surface area contributed by atoms with Crippen molar-refractivity contribution in [1.29, 1.82) is 0 Å². The molecule has 4 aromatic rings. The molecule has 0 bridgehead atoms. The molecule has 0 spiro atoms. The first kappa shape index (κ1) is 22.3. The van der Waals surface area contributed by atoms with E-state index in [2.05, 4.69) is 5.32 Å². The summed E-state index contributed by atoms with van der Waals surface area (Å²) in [6.07, 6.45) is -1.06. The van der Waals surface area contributed by atoms with E-state index in [0.717, 1.165) is 16.3 Å². The Morgan fingerprint density at radius 1 is 1.00 bits per heavy atom. The molecule has 172 valence electrons. The van der Waals surface area contributed by atoms with Crippen LogP contribution in [-0.2, 0) is 14.8 Å². The normalized spacial score (nSPS) is 15.5. The van der Waals surface area contributed by atoms with Gasteiger partial charge < -0.3 is 10.1 Å². The van der Waals surface area contributed by atoms with Gasteiger partial charge in [-0.1, -0.05) is 65.7 Å². The molecule has 0 fully saturated rings. The highest BCUT2D eigenvalue weighted by Crippen LogP contribution is 2.39. The molecule has 1 amide bonds. The van der Waals surface area contributed by atoms with Crippen LogP contribution in [0.1, 0.15) is 5.56 Å². The molecular formula is C26H21ClN2O4S. The van der Waals surface area contributed by atoms with Crippen LogP contribution in [0.15, 0.2) is 89.8 Å². The van der Waals surface area contributed by atoms with E-state index in [-0.39, 0.29) is 17.2 Å². The van der Waals surface area contributed by atoms with Gasteiger partial charge in [0.05, 0.1) is 17.1 Å². The Kier molecular flexibility index (Phi) is 5.67. The van der Waals surface area contributed by atoms with Crippen molar-refractivity contribution in [3.63, 3.8) is 0 Å². The van der Waals surface area contributed by atoms with Crippen molar-refractivity contribution in [2.45, 2.75) is 17.9 Å². The highest BCUT2D eigenvalue weighted by molar-refractivity contribution is 7.92. The number of hydrogen-bond acceptors (Lipinski definition) is 4. The van der Waals surface area contributed by atoms with Crippen molar-refractivity contribution in [3.8, 4) is 5.75 Å². The predicted molar refractivity (Wildman–Crippen MR) is 134 cm³/mol. The van der Waals surface area contributed by atoms with E-state index < -0.39 is 22.0 Å². The molecule has 0 radical (unpaired) electrons. The van der Waals surface area contributed by atoms with Crippen molar-refractivity contribution < 1.29 is 17.9 Å². The summed E-state index contributed by atoms with van der Waals surface area (Å²) in [5.74, 6) is -0.175. The zero-order valence-electron chi connectivity index (χ0n) is 18.2. The molecule has 6 nitrogen and oxygen atoms in total. The van der Waals surface area contributed by atoms with E-state index in [9.17, 15) is 13.2 Å². The summed E-state index contributed by atoms with van der Waals surface area (Å²) >= 11 is 6.16. The summed E-state index contributed by atoms with van der Waals surface area (Å²) in [7, 11) is -3.97. The van der Waals surface area contributed by atoms with Gasteiger partial charge in [0.25, 0.3) is 15.9 Å². The number of nitrogens with one attached hydrogen (secondary N) is 1. The minimum Gasteiger partial charge on any atom is -0.476 e. The highest BCUT2D eigenvalue weighted by Gasteiger charge is 2.38. The molecular weight excluding hydrogens is 472 g/mol. The summed E-state index contributed by atoms with van der Waals surface area (Å²) in [5.41, 5.74) is 1.86. The van der Waals surface area contributed by atoms with E-state index in [0.29, 0.717) is 16.4 Å². The maximum atomic E-state index is 13.6. The monoisotopic (exact) mass is 492 g/mol. The van der Waals surface area contributed by atoms with Gasteiger partial charge in [-0.05, 0) is 48.7 Å². The first-order valence-corrected chi connectivity index (χ1v) is 12.5. The number of anilines is 2. The molecule has 5 rings (SSSR count). The number of hydrogen-bond donors (Lipinski definition) is 1. The van der Waals surface area contributed by atoms with E-state index in [1.54, 1.807) is 42.5 Å². The van der Waals surface area contributed by atoms with Gasteiger partial charge in [0.1, 0.15) is 5.75 Å². The zero-order chi connectivity index (χ0) is 23.9. The molecule has 8 heteroatoms. The fourth-order valence-electron chi connectivity index (χ4n) is 3.97. The topological polar surface area (TPSA) is 75.7 Å². The Bertz CT molecular complexity index is 1500. The molecule has 1 N–H and O–H groups in total. The van der Waals surface area contributed by atoms with Crippen LogP contribution >= 0.6 is 11.6 Å². The average Bonchev–Trinajstić information content (AvgIpc) is 2.84. The maximum absolute atomic E-state index is 13.6. The minimum absolute atomic E-state index is 0.124. The number of amides is 1. The van der Waals surface area contributed by atoms with Gasteiger partial charge in [-0.2, -0.15) is 0 Å². The number of aryl methyl sites for hydroxylation is 1. The number of carbonyl (C=O) groups is 1. The van der Waals surface area contributed by atoms with Crippen molar-refractivity contribution in [2.24, 2.45) is 0 Å². The molecule has 1 aliphatic rings. The minimum atomic E-state index is -3.97. The van der Waals surface area contributed by atoms with Crippen molar-refractivity contribution in [2.75, 3.05) is 16.2 Å². The van der Waals surface area contributed by atoms with Crippen molar-refractivity contribution in [3.05, 3.63) is 95.5 Å². The molecule has 1 atom stereocenters. The summed E-state index contributed by atoms with van der Waals surface area (Å²) in [6.45, 7) is 1.69. The lowest BCUT2D eigenvalue weighted by Gasteiger charge is -2.35. The van der Waals surface area contributed by atoms with Crippen LogP contribution < -0.4 is 14.4 Å². The SMILES string of the molecule is Cc1ccc(S(=O)(=O)N2C[C@H](C(=O)Nc3cccc4ccccc34)Oc3ccc(Cl)cc32)cc1. The second-order valence-electron chi connectivity index (χ2n) is 8.08. The number of rotatable bonds is 4. The molecule has 0 aliphatic carbocycles. The van der Waals surface area contributed by atoms with Gasteiger partial charge in [-0.15, -0.1) is 0 Å². The number of ether oxygens (including phenoxy) is 1. The van der Waals surface area contributed by atoms with E-state index in [4.69, 9.17) is 16.3 Å². The first-order chi connectivity index (χ1) is 16.3.